The Balaban J connectivity index is 2.21. The second-order valence-electron chi connectivity index (χ2n) is 4.20. The van der Waals surface area contributed by atoms with Crippen LogP contribution in [0, 0.1) is 0 Å². The lowest BCUT2D eigenvalue weighted by Crippen LogP contribution is -2.11. The zero-order chi connectivity index (χ0) is 15.7. The number of fused-ring (bicyclic) bond motifs is 1. The molecule has 0 amide bonds. The molecule has 114 valence electrons. The first-order valence-corrected chi connectivity index (χ1v) is 6.06. The molecule has 0 atom stereocenters. The van der Waals surface area contributed by atoms with Crippen LogP contribution in [0.5, 0.6) is 11.5 Å². The van der Waals surface area contributed by atoms with E-state index >= 15 is 0 Å². The van der Waals surface area contributed by atoms with E-state index in [0.717, 1.165) is 0 Å². The van der Waals surface area contributed by atoms with Gasteiger partial charge in [-0.3, -0.25) is 4.79 Å². The summed E-state index contributed by atoms with van der Waals surface area (Å²) in [5.74, 6) is -0.0529. The molecule has 0 fully saturated rings. The molecule has 0 bridgehead atoms. The molecule has 3 rings (SSSR count). The number of nitrogens with zero attached hydrogens (tertiary/aromatic N) is 2. The van der Waals surface area contributed by atoms with Crippen LogP contribution in [0.1, 0.15) is 0 Å². The number of H-pyrrole nitrogens is 1. The Hall–Kier alpha value is -2.97. The highest BCUT2D eigenvalue weighted by Crippen LogP contribution is 2.32. The molecular weight excluding hydrogens is 300 g/mol. The third kappa shape index (κ3) is 2.48. The number of aromatic amines is 1. The van der Waals surface area contributed by atoms with Crippen molar-refractivity contribution in [2.24, 2.45) is 0 Å². The number of benzene rings is 1. The normalized spacial score (nSPS) is 11.1. The average molecular weight is 309 g/mol. The van der Waals surface area contributed by atoms with Crippen LogP contribution in [0.3, 0.4) is 0 Å². The topological polar surface area (TPSA) is 90.2 Å². The van der Waals surface area contributed by atoms with Crippen molar-refractivity contribution in [3.8, 4) is 23.0 Å². The lowest BCUT2D eigenvalue weighted by atomic mass is 10.2. The van der Waals surface area contributed by atoms with Gasteiger partial charge in [0.25, 0.3) is 5.56 Å². The van der Waals surface area contributed by atoms with Crippen LogP contribution in [-0.2, 0) is 0 Å². The summed E-state index contributed by atoms with van der Waals surface area (Å²) in [6.07, 6.45) is 1.32. The first-order valence-electron chi connectivity index (χ1n) is 6.06. The van der Waals surface area contributed by atoms with Crippen LogP contribution in [0.25, 0.3) is 22.4 Å². The van der Waals surface area contributed by atoms with Gasteiger partial charge in [0.2, 0.25) is 0 Å². The SMILES string of the molecule is COc1cc2c(=O)[nH]c(-c3ccon3)nc2cc1OC(F)F. The second kappa shape index (κ2) is 5.43. The summed E-state index contributed by atoms with van der Waals surface area (Å²) in [6.45, 7) is -3.02. The molecule has 0 saturated heterocycles. The molecule has 0 aliphatic carbocycles. The maximum absolute atomic E-state index is 12.4. The molecule has 1 N–H and O–H groups in total. The van der Waals surface area contributed by atoms with E-state index in [1.54, 1.807) is 0 Å². The van der Waals surface area contributed by atoms with E-state index in [2.05, 4.69) is 24.4 Å². The molecule has 0 unspecified atom stereocenters. The largest absolute Gasteiger partial charge is 0.493 e. The number of hydrogen-bond acceptors (Lipinski definition) is 6. The van der Waals surface area contributed by atoms with Gasteiger partial charge in [-0.25, -0.2) is 4.98 Å². The number of alkyl halides is 2. The third-order valence-electron chi connectivity index (χ3n) is 2.89. The number of nitrogens with one attached hydrogen (secondary N) is 1. The molecule has 7 nitrogen and oxygen atoms in total. The molecule has 3 aromatic rings. The van der Waals surface area contributed by atoms with Crippen LogP contribution in [-0.4, -0.2) is 28.8 Å². The van der Waals surface area contributed by atoms with Crippen molar-refractivity contribution in [2.75, 3.05) is 7.11 Å². The molecular formula is C13H9F2N3O4. The van der Waals surface area contributed by atoms with Gasteiger partial charge in [0.05, 0.1) is 18.0 Å². The van der Waals surface area contributed by atoms with Gasteiger partial charge < -0.3 is 19.0 Å². The highest BCUT2D eigenvalue weighted by atomic mass is 19.3. The molecule has 0 radical (unpaired) electrons. The molecule has 9 heteroatoms. The Bertz CT molecular complexity index is 862. The summed E-state index contributed by atoms with van der Waals surface area (Å²) < 4.78 is 38.9. The smallest absolute Gasteiger partial charge is 0.387 e. The molecule has 0 aliphatic rings. The number of hydrogen-bond donors (Lipinski definition) is 1. The quantitative estimate of drug-likeness (QED) is 0.794. The Labute approximate surface area is 121 Å². The first kappa shape index (κ1) is 14.0. The summed E-state index contributed by atoms with van der Waals surface area (Å²) in [4.78, 5) is 18.8. The van der Waals surface area contributed by atoms with E-state index in [-0.39, 0.29) is 28.2 Å². The number of halogens is 2. The summed E-state index contributed by atoms with van der Waals surface area (Å²) in [5, 5.41) is 3.83. The molecule has 0 saturated carbocycles. The van der Waals surface area contributed by atoms with Crippen LogP contribution in [0.4, 0.5) is 8.78 Å². The van der Waals surface area contributed by atoms with Gasteiger partial charge in [-0.15, -0.1) is 0 Å². The maximum Gasteiger partial charge on any atom is 0.387 e. The third-order valence-corrected chi connectivity index (χ3v) is 2.89. The fourth-order valence-corrected chi connectivity index (χ4v) is 1.95. The van der Waals surface area contributed by atoms with E-state index in [4.69, 9.17) is 4.74 Å². The van der Waals surface area contributed by atoms with Crippen LogP contribution in [0.2, 0.25) is 0 Å². The van der Waals surface area contributed by atoms with Crippen molar-refractivity contribution in [2.45, 2.75) is 6.61 Å². The van der Waals surface area contributed by atoms with Crippen molar-refractivity contribution >= 4 is 10.9 Å². The number of rotatable bonds is 4. The standard InChI is InChI=1S/C13H9F2N3O4/c1-20-9-4-6-8(5-10(9)22-13(14)15)16-11(17-12(6)19)7-2-3-21-18-7/h2-5,13H,1H3,(H,16,17,19). The highest BCUT2D eigenvalue weighted by molar-refractivity contribution is 5.83. The average Bonchev–Trinajstić information content (AvgIpc) is 3.00. The van der Waals surface area contributed by atoms with E-state index in [1.165, 1.54) is 31.6 Å². The summed E-state index contributed by atoms with van der Waals surface area (Å²) in [7, 11) is 1.28. The Kier molecular flexibility index (Phi) is 3.45. The van der Waals surface area contributed by atoms with Crippen molar-refractivity contribution < 1.29 is 22.8 Å². The zero-order valence-corrected chi connectivity index (χ0v) is 11.2. The minimum atomic E-state index is -3.02. The number of aromatic nitrogens is 3. The highest BCUT2D eigenvalue weighted by Gasteiger charge is 2.15. The van der Waals surface area contributed by atoms with Gasteiger partial charge in [0, 0.05) is 12.1 Å². The molecule has 2 heterocycles. The first-order chi connectivity index (χ1) is 10.6. The molecule has 0 aliphatic heterocycles. The Morgan fingerprint density at radius 3 is 2.77 bits per heavy atom. The van der Waals surface area contributed by atoms with Crippen molar-refractivity contribution in [3.05, 3.63) is 34.8 Å². The number of methoxy groups -OCH3 is 1. The predicted molar refractivity (Wildman–Crippen MR) is 71.0 cm³/mol. The molecule has 22 heavy (non-hydrogen) atoms. The Morgan fingerprint density at radius 1 is 1.32 bits per heavy atom. The summed E-state index contributed by atoms with van der Waals surface area (Å²) in [6, 6.07) is 3.99. The zero-order valence-electron chi connectivity index (χ0n) is 11.2. The summed E-state index contributed by atoms with van der Waals surface area (Å²) in [5.41, 5.74) is 0.00856. The fraction of sp³-hybridized carbons (Fsp3) is 0.154. The van der Waals surface area contributed by atoms with Crippen molar-refractivity contribution in [1.29, 1.82) is 0 Å². The lowest BCUT2D eigenvalue weighted by Gasteiger charge is -2.10. The second-order valence-corrected chi connectivity index (χ2v) is 4.20. The van der Waals surface area contributed by atoms with E-state index < -0.39 is 12.2 Å². The summed E-state index contributed by atoms with van der Waals surface area (Å²) >= 11 is 0. The minimum Gasteiger partial charge on any atom is -0.493 e. The Morgan fingerprint density at radius 2 is 2.14 bits per heavy atom. The maximum atomic E-state index is 12.4. The van der Waals surface area contributed by atoms with Crippen LogP contribution < -0.4 is 15.0 Å². The van der Waals surface area contributed by atoms with Gasteiger partial charge in [-0.1, -0.05) is 5.16 Å². The molecule has 0 spiro atoms. The molecule has 2 aromatic heterocycles. The fourth-order valence-electron chi connectivity index (χ4n) is 1.95. The van der Waals surface area contributed by atoms with Crippen LogP contribution >= 0.6 is 0 Å². The van der Waals surface area contributed by atoms with Crippen molar-refractivity contribution in [3.63, 3.8) is 0 Å². The van der Waals surface area contributed by atoms with Gasteiger partial charge >= 0.3 is 6.61 Å². The van der Waals surface area contributed by atoms with Gasteiger partial charge in [-0.2, -0.15) is 8.78 Å². The lowest BCUT2D eigenvalue weighted by molar-refractivity contribution is -0.0511. The van der Waals surface area contributed by atoms with E-state index in [0.29, 0.717) is 5.69 Å². The van der Waals surface area contributed by atoms with Gasteiger partial charge in [0.15, 0.2) is 17.3 Å². The van der Waals surface area contributed by atoms with Crippen LogP contribution in [0.15, 0.2) is 33.8 Å². The van der Waals surface area contributed by atoms with E-state index in [9.17, 15) is 13.6 Å². The predicted octanol–water partition coefficient (Wildman–Crippen LogP) is 2.19. The van der Waals surface area contributed by atoms with Crippen molar-refractivity contribution in [1.82, 2.24) is 15.1 Å². The molecule has 1 aromatic carbocycles. The number of ether oxygens (including phenoxy) is 2. The van der Waals surface area contributed by atoms with E-state index in [1.807, 2.05) is 0 Å². The van der Waals surface area contributed by atoms with Gasteiger partial charge in [-0.05, 0) is 6.07 Å². The monoisotopic (exact) mass is 309 g/mol. The minimum absolute atomic E-state index is 0.00860. The van der Waals surface area contributed by atoms with Gasteiger partial charge in [0.1, 0.15) is 12.0 Å².